The van der Waals surface area contributed by atoms with E-state index in [0.29, 0.717) is 5.41 Å². The van der Waals surface area contributed by atoms with E-state index in [2.05, 4.69) is 20.8 Å². The number of rotatable bonds is 2. The third kappa shape index (κ3) is 2.16. The smallest absolute Gasteiger partial charge is 0.221 e. The molecule has 4 fully saturated rings. The average molecular weight is 332 g/mol. The van der Waals surface area contributed by atoms with Crippen molar-refractivity contribution in [2.75, 3.05) is 0 Å². The second-order valence-corrected chi connectivity index (χ2v) is 10.2. The van der Waals surface area contributed by atoms with E-state index < -0.39 is 0 Å². The highest BCUT2D eigenvalue weighted by Gasteiger charge is 2.61. The van der Waals surface area contributed by atoms with Gasteiger partial charge in [0.2, 0.25) is 5.91 Å². The van der Waals surface area contributed by atoms with Crippen molar-refractivity contribution in [3.63, 3.8) is 0 Å². The summed E-state index contributed by atoms with van der Waals surface area (Å²) in [5.74, 6) is 4.60. The molecule has 0 bridgehead atoms. The topological polar surface area (TPSA) is 43.1 Å². The van der Waals surface area contributed by atoms with Gasteiger partial charge in [-0.2, -0.15) is 0 Å². The summed E-state index contributed by atoms with van der Waals surface area (Å²) >= 11 is 0. The highest BCUT2D eigenvalue weighted by Crippen LogP contribution is 2.68. The zero-order valence-corrected chi connectivity index (χ0v) is 16.0. The third-order valence-electron chi connectivity index (χ3n) is 9.63. The molecule has 1 amide bonds. The predicted octanol–water partition coefficient (Wildman–Crippen LogP) is 5.16. The van der Waals surface area contributed by atoms with Crippen LogP contribution in [-0.2, 0) is 4.79 Å². The van der Waals surface area contributed by atoms with Crippen molar-refractivity contribution in [3.8, 4) is 0 Å². The molecule has 4 rings (SSSR count). The lowest BCUT2D eigenvalue weighted by molar-refractivity contribution is -0.139. The Hall–Kier alpha value is -0.530. The highest BCUT2D eigenvalue weighted by atomic mass is 16.1. The summed E-state index contributed by atoms with van der Waals surface area (Å²) in [4.78, 5) is 12.0. The van der Waals surface area contributed by atoms with E-state index in [-0.39, 0.29) is 17.2 Å². The van der Waals surface area contributed by atoms with Crippen LogP contribution in [0.15, 0.2) is 0 Å². The molecule has 136 valence electrons. The van der Waals surface area contributed by atoms with Crippen molar-refractivity contribution in [2.45, 2.75) is 85.0 Å². The lowest BCUT2D eigenvalue weighted by Gasteiger charge is -2.62. The minimum absolute atomic E-state index is 0.0242. The molecular formula is C22H37NO. The maximum atomic E-state index is 12.0. The summed E-state index contributed by atoms with van der Waals surface area (Å²) < 4.78 is 0. The van der Waals surface area contributed by atoms with Crippen molar-refractivity contribution >= 4 is 5.91 Å². The zero-order chi connectivity index (χ0) is 17.1. The van der Waals surface area contributed by atoms with Gasteiger partial charge in [-0.15, -0.1) is 0 Å². The van der Waals surface area contributed by atoms with Gasteiger partial charge < -0.3 is 5.73 Å². The largest absolute Gasteiger partial charge is 0.369 e. The van der Waals surface area contributed by atoms with Crippen LogP contribution in [0.2, 0.25) is 0 Å². The van der Waals surface area contributed by atoms with Crippen LogP contribution >= 0.6 is 0 Å². The summed E-state index contributed by atoms with van der Waals surface area (Å²) in [6.07, 6.45) is 13.6. The Morgan fingerprint density at radius 3 is 2.54 bits per heavy atom. The Labute approximate surface area is 148 Å². The third-order valence-corrected chi connectivity index (χ3v) is 9.63. The van der Waals surface area contributed by atoms with E-state index in [1.165, 1.54) is 57.8 Å². The molecule has 0 spiro atoms. The second-order valence-electron chi connectivity index (χ2n) is 10.2. The van der Waals surface area contributed by atoms with E-state index in [1.54, 1.807) is 0 Å². The minimum Gasteiger partial charge on any atom is -0.369 e. The molecule has 24 heavy (non-hydrogen) atoms. The van der Waals surface area contributed by atoms with Crippen LogP contribution in [-0.4, -0.2) is 5.91 Å². The Kier molecular flexibility index (Phi) is 4.05. The number of hydrogen-bond donors (Lipinski definition) is 1. The van der Waals surface area contributed by atoms with Crippen LogP contribution in [0.25, 0.3) is 0 Å². The monoisotopic (exact) mass is 331 g/mol. The van der Waals surface area contributed by atoms with Crippen LogP contribution in [0.3, 0.4) is 0 Å². The van der Waals surface area contributed by atoms with Crippen LogP contribution < -0.4 is 5.73 Å². The fourth-order valence-corrected chi connectivity index (χ4v) is 8.44. The quantitative estimate of drug-likeness (QED) is 0.746. The van der Waals surface area contributed by atoms with Gasteiger partial charge in [-0.05, 0) is 98.2 Å². The molecule has 2 nitrogen and oxygen atoms in total. The Bertz CT molecular complexity index is 516. The number of carbonyl (C=O) groups excluding carboxylic acids is 1. The molecule has 8 unspecified atom stereocenters. The highest BCUT2D eigenvalue weighted by molar-refractivity contribution is 5.78. The molecule has 0 radical (unpaired) electrons. The Morgan fingerprint density at radius 1 is 1.04 bits per heavy atom. The molecule has 0 heterocycles. The predicted molar refractivity (Wildman–Crippen MR) is 98.2 cm³/mol. The van der Waals surface area contributed by atoms with E-state index in [1.807, 2.05) is 0 Å². The normalized spacial score (nSPS) is 53.8. The molecular weight excluding hydrogens is 294 g/mol. The number of nitrogens with two attached hydrogens (primary N) is 1. The second kappa shape index (κ2) is 5.74. The summed E-state index contributed by atoms with van der Waals surface area (Å²) in [6, 6.07) is 0. The molecule has 2 heteroatoms. The summed E-state index contributed by atoms with van der Waals surface area (Å²) in [5.41, 5.74) is 6.62. The van der Waals surface area contributed by atoms with Crippen LogP contribution in [0.1, 0.15) is 85.0 Å². The maximum absolute atomic E-state index is 12.0. The van der Waals surface area contributed by atoms with Crippen molar-refractivity contribution in [1.82, 2.24) is 0 Å². The number of fused-ring (bicyclic) bond motifs is 5. The first-order chi connectivity index (χ1) is 11.4. The average Bonchev–Trinajstić information content (AvgIpc) is 2.91. The van der Waals surface area contributed by atoms with Gasteiger partial charge in [0.1, 0.15) is 0 Å². The molecule has 0 saturated heterocycles. The van der Waals surface area contributed by atoms with Gasteiger partial charge in [-0.1, -0.05) is 27.2 Å². The molecule has 0 aliphatic heterocycles. The molecule has 4 saturated carbocycles. The molecule has 8 atom stereocenters. The van der Waals surface area contributed by atoms with Crippen molar-refractivity contribution in [3.05, 3.63) is 0 Å². The minimum atomic E-state index is -0.0242. The Morgan fingerprint density at radius 2 is 1.83 bits per heavy atom. The standard InChI is InChI=1S/C22H37NO/c1-4-22-12-9-14(2)13-15(22)5-6-16-17-7-8-19(20(23)24)21(17,3)11-10-18(16)22/h14-19H,4-13H2,1-3H3,(H2,23,24). The van der Waals surface area contributed by atoms with Gasteiger partial charge in [-0.25, -0.2) is 0 Å². The van der Waals surface area contributed by atoms with E-state index in [9.17, 15) is 4.79 Å². The number of primary amides is 1. The number of carbonyl (C=O) groups is 1. The summed E-state index contributed by atoms with van der Waals surface area (Å²) in [5, 5.41) is 0. The van der Waals surface area contributed by atoms with Crippen LogP contribution in [0, 0.1) is 46.3 Å². The van der Waals surface area contributed by atoms with Crippen molar-refractivity contribution in [1.29, 1.82) is 0 Å². The molecule has 4 aliphatic rings. The molecule has 0 aromatic carbocycles. The van der Waals surface area contributed by atoms with Gasteiger partial charge in [0.25, 0.3) is 0 Å². The zero-order valence-electron chi connectivity index (χ0n) is 16.0. The van der Waals surface area contributed by atoms with Crippen molar-refractivity contribution in [2.24, 2.45) is 52.1 Å². The molecule has 0 aromatic rings. The number of amides is 1. The van der Waals surface area contributed by atoms with Gasteiger partial charge in [0, 0.05) is 5.92 Å². The summed E-state index contributed by atoms with van der Waals surface area (Å²) in [7, 11) is 0. The SMILES string of the molecule is CCC12CCC(C)CC1CCC1C3CCC(C(N)=O)C3(C)CCC12. The van der Waals surface area contributed by atoms with Gasteiger partial charge >= 0.3 is 0 Å². The molecule has 0 aromatic heterocycles. The van der Waals surface area contributed by atoms with E-state index in [0.717, 1.165) is 36.0 Å². The van der Waals surface area contributed by atoms with E-state index in [4.69, 9.17) is 5.73 Å². The van der Waals surface area contributed by atoms with Crippen molar-refractivity contribution < 1.29 is 4.79 Å². The maximum Gasteiger partial charge on any atom is 0.221 e. The van der Waals surface area contributed by atoms with Crippen LogP contribution in [0.4, 0.5) is 0 Å². The van der Waals surface area contributed by atoms with Gasteiger partial charge in [0.05, 0.1) is 0 Å². The first-order valence-corrected chi connectivity index (χ1v) is 10.7. The molecule has 2 N–H and O–H groups in total. The van der Waals surface area contributed by atoms with E-state index >= 15 is 0 Å². The first-order valence-electron chi connectivity index (χ1n) is 10.7. The summed E-state index contributed by atoms with van der Waals surface area (Å²) in [6.45, 7) is 7.35. The fourth-order valence-electron chi connectivity index (χ4n) is 8.44. The Balaban J connectivity index is 1.64. The fraction of sp³-hybridized carbons (Fsp3) is 0.955. The van der Waals surface area contributed by atoms with Crippen LogP contribution in [0.5, 0.6) is 0 Å². The first kappa shape index (κ1) is 16.9. The number of hydrogen-bond acceptors (Lipinski definition) is 1. The van der Waals surface area contributed by atoms with Gasteiger partial charge in [-0.3, -0.25) is 4.79 Å². The van der Waals surface area contributed by atoms with Gasteiger partial charge in [0.15, 0.2) is 0 Å². The lowest BCUT2D eigenvalue weighted by Crippen LogP contribution is -2.55. The lowest BCUT2D eigenvalue weighted by atomic mass is 9.43. The molecule has 4 aliphatic carbocycles.